The molecule has 0 aliphatic rings. The highest BCUT2D eigenvalue weighted by atomic mass is 16.7. The number of carbonyl (C=O) groups excluding carboxylic acids is 8. The van der Waals surface area contributed by atoms with Crippen LogP contribution >= 0.6 is 0 Å². The Balaban J connectivity index is 4.80. The topological polar surface area (TPSA) is 240 Å². The molecule has 0 rings (SSSR count). The summed E-state index contributed by atoms with van der Waals surface area (Å²) in [6, 6.07) is 0. The van der Waals surface area contributed by atoms with Crippen molar-refractivity contribution in [1.29, 1.82) is 0 Å². The van der Waals surface area contributed by atoms with E-state index in [4.69, 9.17) is 47.7 Å². The van der Waals surface area contributed by atoms with Crippen LogP contribution in [0.2, 0.25) is 0 Å². The highest BCUT2D eigenvalue weighted by Gasteiger charge is 2.33. The molecule has 18 heteroatoms. The molecule has 0 fully saturated rings. The van der Waals surface area contributed by atoms with Crippen molar-refractivity contribution < 1.29 is 86.1 Å². The quantitative estimate of drug-likeness (QED) is 0.113. The molecule has 0 aliphatic carbocycles. The summed E-state index contributed by atoms with van der Waals surface area (Å²) in [6.45, 7) is 12.2. The third-order valence-corrected chi connectivity index (χ3v) is 5.39. The number of hydrogen-bond acceptors (Lipinski definition) is 18. The van der Waals surface area contributed by atoms with E-state index in [1.54, 1.807) is 6.92 Å². The van der Waals surface area contributed by atoms with Crippen LogP contribution in [-0.2, 0) is 81.0 Å². The summed E-state index contributed by atoms with van der Waals surface area (Å²) in [5.41, 5.74) is 0. The zero-order valence-electron chi connectivity index (χ0n) is 27.3. The van der Waals surface area contributed by atoms with Crippen molar-refractivity contribution in [2.24, 2.45) is 0 Å². The van der Waals surface area contributed by atoms with Gasteiger partial charge in [-0.3, -0.25) is 0 Å². The second-order valence-electron chi connectivity index (χ2n) is 9.68. The van der Waals surface area contributed by atoms with Gasteiger partial charge in [0.15, 0.2) is 55.1 Å². The zero-order chi connectivity index (χ0) is 35.9. The lowest BCUT2D eigenvalue weighted by molar-refractivity contribution is -0.191. The molecule has 0 unspecified atom stereocenters. The molecule has 262 valence electrons. The average Bonchev–Trinajstić information content (AvgIpc) is 2.95. The molecule has 0 saturated heterocycles. The molecule has 0 saturated carbocycles. The molecule has 0 aliphatic heterocycles. The van der Waals surface area contributed by atoms with Crippen LogP contribution in [0.15, 0.2) is 0 Å². The monoisotopic (exact) mass is 666 g/mol. The fraction of sp³-hybridized carbons (Fsp3) is 0.714. The summed E-state index contributed by atoms with van der Waals surface area (Å²) in [7, 11) is 0. The molecule has 0 heterocycles. The van der Waals surface area contributed by atoms with E-state index in [2.05, 4.69) is 0 Å². The third kappa shape index (κ3) is 15.1. The van der Waals surface area contributed by atoms with Gasteiger partial charge in [0.25, 0.3) is 0 Å². The van der Waals surface area contributed by atoms with Crippen LogP contribution < -0.4 is 0 Å². The minimum absolute atomic E-state index is 0.0625. The SMILES string of the molecule is CCOC(=O)[C@@H](C)OC(=O)[C@@H](C)OC(=O)[C@@H](C)OC(=O)[C@@H](C)OC(=O)[C@@H](C)OC(=O)[C@@H](C)OC(=O)[C@@H](C)OC(=O)[C@@H](C)O[C@@H](C)O. The van der Waals surface area contributed by atoms with Gasteiger partial charge in [0.05, 0.1) is 6.61 Å². The molecular formula is C28H42O18. The lowest BCUT2D eigenvalue weighted by atomic mass is 10.3. The Morgan fingerprint density at radius 3 is 0.783 bits per heavy atom. The van der Waals surface area contributed by atoms with Gasteiger partial charge in [-0.2, -0.15) is 0 Å². The Bertz CT molecular complexity index is 1100. The standard InChI is InChI=1S/C28H42O18/c1-11-38-21(30)12(2)40-23(32)14(4)42-25(34)16(6)44-27(36)18(8)46-28(37)19(9)45-26(35)17(7)43-24(33)15(5)41-22(31)13(3)39-20(10)29/h12-20,29H,11H2,1-10H3/t12-,13-,14-,15-,16-,17-,18-,19-,20+/m1/s1. The maximum absolute atomic E-state index is 12.3. The van der Waals surface area contributed by atoms with E-state index in [0.29, 0.717) is 0 Å². The lowest BCUT2D eigenvalue weighted by Gasteiger charge is -2.21. The van der Waals surface area contributed by atoms with Gasteiger partial charge in [-0.1, -0.05) is 0 Å². The van der Waals surface area contributed by atoms with Gasteiger partial charge in [-0.25, -0.2) is 38.4 Å². The summed E-state index contributed by atoms with van der Waals surface area (Å²) in [4.78, 5) is 97.0. The van der Waals surface area contributed by atoms with Crippen molar-refractivity contribution in [3.63, 3.8) is 0 Å². The fourth-order valence-electron chi connectivity index (χ4n) is 2.84. The van der Waals surface area contributed by atoms with Crippen LogP contribution in [0.3, 0.4) is 0 Å². The first-order valence-electron chi connectivity index (χ1n) is 14.1. The summed E-state index contributed by atoms with van der Waals surface area (Å²) in [5.74, 6) is -8.70. The summed E-state index contributed by atoms with van der Waals surface area (Å²) >= 11 is 0. The Morgan fingerprint density at radius 2 is 0.587 bits per heavy atom. The fourth-order valence-corrected chi connectivity index (χ4v) is 2.84. The molecule has 0 aromatic heterocycles. The van der Waals surface area contributed by atoms with Gasteiger partial charge < -0.3 is 47.7 Å². The Labute approximate surface area is 265 Å². The van der Waals surface area contributed by atoms with E-state index in [0.717, 1.165) is 41.5 Å². The second kappa shape index (κ2) is 19.9. The number of aliphatic hydroxyl groups is 1. The van der Waals surface area contributed by atoms with Crippen molar-refractivity contribution in [3.8, 4) is 0 Å². The van der Waals surface area contributed by atoms with Crippen LogP contribution in [0, 0.1) is 0 Å². The molecule has 0 spiro atoms. The first kappa shape index (κ1) is 41.7. The molecule has 0 amide bonds. The molecule has 1 N–H and O–H groups in total. The molecule has 0 bridgehead atoms. The van der Waals surface area contributed by atoms with E-state index in [-0.39, 0.29) is 6.61 Å². The minimum Gasteiger partial charge on any atom is -0.463 e. The van der Waals surface area contributed by atoms with Crippen LogP contribution in [0.1, 0.15) is 69.2 Å². The number of esters is 8. The van der Waals surface area contributed by atoms with Crippen molar-refractivity contribution in [2.75, 3.05) is 6.61 Å². The van der Waals surface area contributed by atoms with Gasteiger partial charge in [0.1, 0.15) is 0 Å². The van der Waals surface area contributed by atoms with Gasteiger partial charge in [-0.15, -0.1) is 0 Å². The number of aliphatic hydroxyl groups excluding tert-OH is 1. The first-order chi connectivity index (χ1) is 21.2. The highest BCUT2D eigenvalue weighted by molar-refractivity contribution is 5.87. The predicted octanol–water partition coefficient (Wildman–Crippen LogP) is -0.185. The summed E-state index contributed by atoms with van der Waals surface area (Å²) in [5, 5.41) is 9.15. The van der Waals surface area contributed by atoms with Gasteiger partial charge in [0.2, 0.25) is 0 Å². The summed E-state index contributed by atoms with van der Waals surface area (Å²) in [6.07, 6.45) is -13.0. The molecule has 0 aromatic rings. The van der Waals surface area contributed by atoms with Crippen molar-refractivity contribution in [1.82, 2.24) is 0 Å². The Kier molecular flexibility index (Phi) is 18.1. The molecule has 18 nitrogen and oxygen atoms in total. The molecular weight excluding hydrogens is 624 g/mol. The number of ether oxygens (including phenoxy) is 9. The Hall–Kier alpha value is -4.32. The maximum Gasteiger partial charge on any atom is 0.347 e. The number of hydrogen-bond donors (Lipinski definition) is 1. The van der Waals surface area contributed by atoms with Gasteiger partial charge in [0, 0.05) is 0 Å². The lowest BCUT2D eigenvalue weighted by Crippen LogP contribution is -2.39. The van der Waals surface area contributed by atoms with Crippen molar-refractivity contribution in [3.05, 3.63) is 0 Å². The van der Waals surface area contributed by atoms with Crippen LogP contribution in [-0.4, -0.2) is 115 Å². The van der Waals surface area contributed by atoms with Crippen molar-refractivity contribution >= 4 is 47.8 Å². The normalized spacial score (nSPS) is 16.7. The van der Waals surface area contributed by atoms with Crippen LogP contribution in [0.25, 0.3) is 0 Å². The van der Waals surface area contributed by atoms with E-state index in [1.165, 1.54) is 20.8 Å². The molecule has 0 radical (unpaired) electrons. The first-order valence-corrected chi connectivity index (χ1v) is 14.1. The predicted molar refractivity (Wildman–Crippen MR) is 148 cm³/mol. The van der Waals surface area contributed by atoms with Crippen LogP contribution in [0.4, 0.5) is 0 Å². The van der Waals surface area contributed by atoms with Gasteiger partial charge >= 0.3 is 47.8 Å². The van der Waals surface area contributed by atoms with E-state index in [9.17, 15) is 38.4 Å². The van der Waals surface area contributed by atoms with Crippen LogP contribution in [0.5, 0.6) is 0 Å². The van der Waals surface area contributed by atoms with Crippen molar-refractivity contribution in [2.45, 2.75) is 124 Å². The smallest absolute Gasteiger partial charge is 0.347 e. The van der Waals surface area contributed by atoms with E-state index < -0.39 is 103 Å². The van der Waals surface area contributed by atoms with E-state index >= 15 is 0 Å². The number of carbonyl (C=O) groups is 8. The van der Waals surface area contributed by atoms with E-state index in [1.807, 2.05) is 0 Å². The Morgan fingerprint density at radius 1 is 0.391 bits per heavy atom. The second-order valence-corrected chi connectivity index (χ2v) is 9.68. The highest BCUT2D eigenvalue weighted by Crippen LogP contribution is 2.10. The maximum atomic E-state index is 12.3. The average molecular weight is 667 g/mol. The summed E-state index contributed by atoms with van der Waals surface area (Å²) < 4.78 is 43.7. The largest absolute Gasteiger partial charge is 0.463 e. The third-order valence-electron chi connectivity index (χ3n) is 5.39. The molecule has 46 heavy (non-hydrogen) atoms. The molecule has 0 aromatic carbocycles. The zero-order valence-corrected chi connectivity index (χ0v) is 27.3. The number of rotatable bonds is 18. The molecule has 9 atom stereocenters. The van der Waals surface area contributed by atoms with Gasteiger partial charge in [-0.05, 0) is 69.2 Å². The minimum atomic E-state index is -1.59.